The van der Waals surface area contributed by atoms with E-state index >= 15 is 0 Å². The van der Waals surface area contributed by atoms with Crippen LogP contribution in [0.2, 0.25) is 0 Å². The van der Waals surface area contributed by atoms with Gasteiger partial charge < -0.3 is 15.3 Å². The SMILES string of the molecule is CC(C)(Nc1cc2c(cc1F)CN(CC1CCC1)C2=O)C(=O)O. The van der Waals surface area contributed by atoms with E-state index in [0.29, 0.717) is 23.6 Å². The first kappa shape index (κ1) is 15.8. The van der Waals surface area contributed by atoms with Crippen LogP contribution in [-0.4, -0.2) is 34.0 Å². The number of hydrogen-bond donors (Lipinski definition) is 2. The highest BCUT2D eigenvalue weighted by atomic mass is 19.1. The Labute approximate surface area is 134 Å². The second-order valence-corrected chi connectivity index (χ2v) is 7.03. The molecule has 5 nitrogen and oxygen atoms in total. The fraction of sp³-hybridized carbons (Fsp3) is 0.529. The molecule has 1 aromatic rings. The molecule has 6 heteroatoms. The van der Waals surface area contributed by atoms with E-state index < -0.39 is 17.3 Å². The molecule has 0 radical (unpaired) electrons. The van der Waals surface area contributed by atoms with Gasteiger partial charge in [-0.15, -0.1) is 0 Å². The van der Waals surface area contributed by atoms with Crippen molar-refractivity contribution in [2.45, 2.75) is 45.2 Å². The number of benzene rings is 1. The van der Waals surface area contributed by atoms with Crippen molar-refractivity contribution in [1.29, 1.82) is 0 Å². The number of hydrogen-bond acceptors (Lipinski definition) is 3. The van der Waals surface area contributed by atoms with Gasteiger partial charge >= 0.3 is 5.97 Å². The molecule has 1 heterocycles. The molecule has 2 aliphatic rings. The van der Waals surface area contributed by atoms with Gasteiger partial charge in [0.05, 0.1) is 5.69 Å². The molecular formula is C17H21FN2O3. The van der Waals surface area contributed by atoms with Crippen molar-refractivity contribution in [2.24, 2.45) is 5.92 Å². The molecule has 0 unspecified atom stereocenters. The molecule has 1 aromatic carbocycles. The average molecular weight is 320 g/mol. The molecule has 1 aliphatic carbocycles. The lowest BCUT2D eigenvalue weighted by Crippen LogP contribution is -2.40. The maximum absolute atomic E-state index is 14.2. The third-order valence-electron chi connectivity index (χ3n) is 4.76. The normalized spacial score (nSPS) is 17.9. The predicted molar refractivity (Wildman–Crippen MR) is 83.8 cm³/mol. The van der Waals surface area contributed by atoms with Crippen molar-refractivity contribution in [3.63, 3.8) is 0 Å². The van der Waals surface area contributed by atoms with Gasteiger partial charge in [-0.3, -0.25) is 4.79 Å². The maximum Gasteiger partial charge on any atom is 0.328 e. The summed E-state index contributed by atoms with van der Waals surface area (Å²) in [6.45, 7) is 4.06. The predicted octanol–water partition coefficient (Wildman–Crippen LogP) is 2.86. The number of carbonyl (C=O) groups is 2. The Balaban J connectivity index is 1.82. The Bertz CT molecular complexity index is 668. The Morgan fingerprint density at radius 2 is 2.13 bits per heavy atom. The van der Waals surface area contributed by atoms with Crippen LogP contribution < -0.4 is 5.32 Å². The topological polar surface area (TPSA) is 69.6 Å². The number of carbonyl (C=O) groups excluding carboxylic acids is 1. The molecule has 23 heavy (non-hydrogen) atoms. The minimum atomic E-state index is -1.32. The lowest BCUT2D eigenvalue weighted by atomic mass is 9.85. The highest BCUT2D eigenvalue weighted by Gasteiger charge is 2.33. The lowest BCUT2D eigenvalue weighted by Gasteiger charge is -2.29. The number of aliphatic carboxylic acids is 1. The second kappa shape index (κ2) is 5.51. The number of nitrogens with one attached hydrogen (secondary N) is 1. The number of amides is 1. The average Bonchev–Trinajstić information content (AvgIpc) is 2.70. The van der Waals surface area contributed by atoms with Gasteiger partial charge in [0.1, 0.15) is 11.4 Å². The number of carboxylic acids is 1. The van der Waals surface area contributed by atoms with Crippen LogP contribution in [0.15, 0.2) is 12.1 Å². The van der Waals surface area contributed by atoms with Gasteiger partial charge in [0, 0.05) is 18.7 Å². The van der Waals surface area contributed by atoms with Crippen LogP contribution in [0.1, 0.15) is 49.0 Å². The van der Waals surface area contributed by atoms with Crippen LogP contribution in [0.3, 0.4) is 0 Å². The fourth-order valence-electron chi connectivity index (χ4n) is 3.01. The summed E-state index contributed by atoms with van der Waals surface area (Å²) in [5, 5.41) is 11.8. The monoisotopic (exact) mass is 320 g/mol. The van der Waals surface area contributed by atoms with E-state index in [9.17, 15) is 14.0 Å². The van der Waals surface area contributed by atoms with Crippen molar-refractivity contribution >= 4 is 17.6 Å². The highest BCUT2D eigenvalue weighted by Crippen LogP contribution is 2.33. The van der Waals surface area contributed by atoms with E-state index in [2.05, 4.69) is 5.32 Å². The van der Waals surface area contributed by atoms with Crippen LogP contribution in [0.25, 0.3) is 0 Å². The number of rotatable bonds is 5. The third kappa shape index (κ3) is 2.90. The molecule has 0 aromatic heterocycles. The van der Waals surface area contributed by atoms with Crippen LogP contribution in [0, 0.1) is 11.7 Å². The van der Waals surface area contributed by atoms with Crippen LogP contribution in [0.4, 0.5) is 10.1 Å². The summed E-state index contributed by atoms with van der Waals surface area (Å²) in [7, 11) is 0. The van der Waals surface area contributed by atoms with Gasteiger partial charge in [-0.25, -0.2) is 9.18 Å². The Morgan fingerprint density at radius 3 is 2.70 bits per heavy atom. The zero-order valence-corrected chi connectivity index (χ0v) is 13.4. The van der Waals surface area contributed by atoms with Gasteiger partial charge in [0.25, 0.3) is 5.91 Å². The number of halogens is 1. The zero-order chi connectivity index (χ0) is 16.8. The first-order chi connectivity index (χ1) is 10.8. The van der Waals surface area contributed by atoms with Crippen LogP contribution in [0.5, 0.6) is 0 Å². The summed E-state index contributed by atoms with van der Waals surface area (Å²) in [6.07, 6.45) is 3.51. The summed E-state index contributed by atoms with van der Waals surface area (Å²) in [6, 6.07) is 2.78. The van der Waals surface area contributed by atoms with Crippen molar-refractivity contribution in [3.05, 3.63) is 29.1 Å². The summed E-state index contributed by atoms with van der Waals surface area (Å²) in [4.78, 5) is 25.4. The standard InChI is InChI=1S/C17H21FN2O3/c1-17(2,16(22)23)19-14-7-12-11(6-13(14)18)9-20(15(12)21)8-10-4-3-5-10/h6-7,10,19H,3-5,8-9H2,1-2H3,(H,22,23). The molecule has 1 amide bonds. The Hall–Kier alpha value is -2.11. The number of anilines is 1. The summed E-state index contributed by atoms with van der Waals surface area (Å²) >= 11 is 0. The minimum Gasteiger partial charge on any atom is -0.480 e. The molecule has 0 saturated heterocycles. The van der Waals surface area contributed by atoms with Gasteiger partial charge in [0.15, 0.2) is 0 Å². The largest absolute Gasteiger partial charge is 0.480 e. The van der Waals surface area contributed by atoms with Gasteiger partial charge in [-0.2, -0.15) is 0 Å². The summed E-state index contributed by atoms with van der Waals surface area (Å²) in [5.74, 6) is -1.16. The molecule has 1 saturated carbocycles. The Morgan fingerprint density at radius 1 is 1.43 bits per heavy atom. The summed E-state index contributed by atoms with van der Waals surface area (Å²) < 4.78 is 14.2. The maximum atomic E-state index is 14.2. The summed E-state index contributed by atoms with van der Waals surface area (Å²) in [5.41, 5.74) is -0.127. The van der Waals surface area contributed by atoms with Crippen LogP contribution >= 0.6 is 0 Å². The van der Waals surface area contributed by atoms with E-state index in [1.165, 1.54) is 32.4 Å². The van der Waals surface area contributed by atoms with Crippen molar-refractivity contribution < 1.29 is 19.1 Å². The minimum absolute atomic E-state index is 0.0509. The van der Waals surface area contributed by atoms with E-state index in [-0.39, 0.29) is 11.6 Å². The molecule has 1 aliphatic heterocycles. The van der Waals surface area contributed by atoms with Crippen molar-refractivity contribution in [2.75, 3.05) is 11.9 Å². The second-order valence-electron chi connectivity index (χ2n) is 7.03. The van der Waals surface area contributed by atoms with Gasteiger partial charge in [-0.05, 0) is 50.3 Å². The molecule has 1 fully saturated rings. The quantitative estimate of drug-likeness (QED) is 0.875. The zero-order valence-electron chi connectivity index (χ0n) is 13.4. The molecular weight excluding hydrogens is 299 g/mol. The third-order valence-corrected chi connectivity index (χ3v) is 4.76. The fourth-order valence-corrected chi connectivity index (χ4v) is 3.01. The first-order valence-corrected chi connectivity index (χ1v) is 7.91. The van der Waals surface area contributed by atoms with E-state index in [1.54, 1.807) is 4.90 Å². The Kier molecular flexibility index (Phi) is 3.78. The molecule has 0 atom stereocenters. The molecule has 3 rings (SSSR count). The van der Waals surface area contributed by atoms with Gasteiger partial charge in [0.2, 0.25) is 0 Å². The van der Waals surface area contributed by atoms with E-state index in [0.717, 1.165) is 19.4 Å². The van der Waals surface area contributed by atoms with Gasteiger partial charge in [-0.1, -0.05) is 6.42 Å². The van der Waals surface area contributed by atoms with Crippen molar-refractivity contribution in [3.8, 4) is 0 Å². The number of nitrogens with zero attached hydrogens (tertiary/aromatic N) is 1. The van der Waals surface area contributed by atoms with E-state index in [1.807, 2.05) is 0 Å². The molecule has 124 valence electrons. The molecule has 2 N–H and O–H groups in total. The number of fused-ring (bicyclic) bond motifs is 1. The van der Waals surface area contributed by atoms with E-state index in [4.69, 9.17) is 5.11 Å². The highest BCUT2D eigenvalue weighted by molar-refractivity contribution is 5.99. The first-order valence-electron chi connectivity index (χ1n) is 7.91. The number of carboxylic acid groups (broad SMARTS) is 1. The lowest BCUT2D eigenvalue weighted by molar-refractivity contribution is -0.141. The molecule has 0 bridgehead atoms. The van der Waals surface area contributed by atoms with Crippen LogP contribution in [-0.2, 0) is 11.3 Å². The molecule has 0 spiro atoms. The van der Waals surface area contributed by atoms with Crippen molar-refractivity contribution in [1.82, 2.24) is 4.90 Å². The smallest absolute Gasteiger partial charge is 0.328 e.